The number of aromatic nitrogens is 2. The van der Waals surface area contributed by atoms with E-state index in [0.717, 1.165) is 31.4 Å². The molecule has 102 valence electrons. The Labute approximate surface area is 115 Å². The first-order chi connectivity index (χ1) is 9.20. The molecular weight excluding hydrogens is 234 g/mol. The van der Waals surface area contributed by atoms with E-state index in [1.54, 1.807) is 0 Å². The Bertz CT molecular complexity index is 502. The van der Waals surface area contributed by atoms with E-state index < -0.39 is 0 Å². The lowest BCUT2D eigenvalue weighted by Gasteiger charge is -2.11. The molecule has 1 heterocycles. The van der Waals surface area contributed by atoms with Crippen LogP contribution in [0.3, 0.4) is 0 Å². The molecule has 1 unspecified atom stereocenters. The van der Waals surface area contributed by atoms with Crippen molar-refractivity contribution in [2.24, 2.45) is 12.8 Å². The van der Waals surface area contributed by atoms with E-state index >= 15 is 0 Å². The number of benzene rings is 1. The summed E-state index contributed by atoms with van der Waals surface area (Å²) in [5.74, 6) is 0. The molecule has 2 aromatic rings. The van der Waals surface area contributed by atoms with Crippen LogP contribution in [0, 0.1) is 0 Å². The molecule has 0 aliphatic carbocycles. The van der Waals surface area contributed by atoms with Gasteiger partial charge in [0.05, 0.1) is 5.69 Å². The number of aryl methyl sites for hydroxylation is 3. The molecule has 2 rings (SSSR count). The first-order valence-electron chi connectivity index (χ1n) is 7.02. The smallest absolute Gasteiger partial charge is 0.0669 e. The van der Waals surface area contributed by atoms with Gasteiger partial charge in [-0.3, -0.25) is 4.68 Å². The zero-order valence-electron chi connectivity index (χ0n) is 11.8. The standard InChI is InChI=1S/C16H23N3/c1-3-16-14(12-19(2)18-16)15(17)11-7-10-13-8-5-4-6-9-13/h4-6,8-9,12,15H,3,7,10-11,17H2,1-2H3. The minimum absolute atomic E-state index is 0.104. The third-order valence-electron chi connectivity index (χ3n) is 3.50. The molecule has 0 bridgehead atoms. The highest BCUT2D eigenvalue weighted by Crippen LogP contribution is 2.20. The zero-order chi connectivity index (χ0) is 13.7. The zero-order valence-corrected chi connectivity index (χ0v) is 11.8. The topological polar surface area (TPSA) is 43.8 Å². The van der Waals surface area contributed by atoms with Crippen LogP contribution < -0.4 is 5.73 Å². The number of hydrogen-bond acceptors (Lipinski definition) is 2. The number of nitrogens with zero attached hydrogens (tertiary/aromatic N) is 2. The van der Waals surface area contributed by atoms with E-state index in [0.29, 0.717) is 0 Å². The average Bonchev–Trinajstić information content (AvgIpc) is 2.81. The van der Waals surface area contributed by atoms with Crippen LogP contribution in [0.25, 0.3) is 0 Å². The predicted molar refractivity (Wildman–Crippen MR) is 78.9 cm³/mol. The molecule has 0 saturated heterocycles. The predicted octanol–water partition coefficient (Wildman–Crippen LogP) is 3.01. The van der Waals surface area contributed by atoms with Crippen LogP contribution in [-0.2, 0) is 19.9 Å². The summed E-state index contributed by atoms with van der Waals surface area (Å²) in [5.41, 5.74) is 10.0. The number of rotatable bonds is 6. The third kappa shape index (κ3) is 3.67. The summed E-state index contributed by atoms with van der Waals surface area (Å²) in [7, 11) is 1.96. The van der Waals surface area contributed by atoms with Crippen LogP contribution in [0.4, 0.5) is 0 Å². The Morgan fingerprint density at radius 2 is 2.00 bits per heavy atom. The maximum atomic E-state index is 6.30. The van der Waals surface area contributed by atoms with E-state index in [-0.39, 0.29) is 6.04 Å². The van der Waals surface area contributed by atoms with E-state index in [9.17, 15) is 0 Å². The normalized spacial score (nSPS) is 12.6. The summed E-state index contributed by atoms with van der Waals surface area (Å²) in [4.78, 5) is 0. The van der Waals surface area contributed by atoms with Crippen molar-refractivity contribution in [3.8, 4) is 0 Å². The van der Waals surface area contributed by atoms with Gasteiger partial charge in [-0.1, -0.05) is 37.3 Å². The summed E-state index contributed by atoms with van der Waals surface area (Å²) >= 11 is 0. The lowest BCUT2D eigenvalue weighted by atomic mass is 9.99. The van der Waals surface area contributed by atoms with Gasteiger partial charge in [0.2, 0.25) is 0 Å². The van der Waals surface area contributed by atoms with Crippen molar-refractivity contribution >= 4 is 0 Å². The second-order valence-electron chi connectivity index (χ2n) is 5.04. The van der Waals surface area contributed by atoms with Crippen molar-refractivity contribution in [2.75, 3.05) is 0 Å². The van der Waals surface area contributed by atoms with E-state index in [1.807, 2.05) is 11.7 Å². The minimum Gasteiger partial charge on any atom is -0.324 e. The molecule has 1 atom stereocenters. The van der Waals surface area contributed by atoms with Crippen molar-refractivity contribution in [1.29, 1.82) is 0 Å². The van der Waals surface area contributed by atoms with Gasteiger partial charge in [0.25, 0.3) is 0 Å². The van der Waals surface area contributed by atoms with Gasteiger partial charge in [-0.15, -0.1) is 0 Å². The second-order valence-corrected chi connectivity index (χ2v) is 5.04. The summed E-state index contributed by atoms with van der Waals surface area (Å²) in [6.07, 6.45) is 6.22. The Kier molecular flexibility index (Phi) is 4.74. The third-order valence-corrected chi connectivity index (χ3v) is 3.50. The van der Waals surface area contributed by atoms with Gasteiger partial charge in [-0.05, 0) is 31.2 Å². The van der Waals surface area contributed by atoms with Gasteiger partial charge in [0.1, 0.15) is 0 Å². The lowest BCUT2D eigenvalue weighted by Crippen LogP contribution is -2.11. The van der Waals surface area contributed by atoms with E-state index in [1.165, 1.54) is 11.1 Å². The van der Waals surface area contributed by atoms with Gasteiger partial charge >= 0.3 is 0 Å². The fraction of sp³-hybridized carbons (Fsp3) is 0.438. The fourth-order valence-corrected chi connectivity index (χ4v) is 2.46. The summed E-state index contributed by atoms with van der Waals surface area (Å²) < 4.78 is 1.87. The van der Waals surface area contributed by atoms with Crippen molar-refractivity contribution in [1.82, 2.24) is 9.78 Å². The first kappa shape index (κ1) is 13.8. The van der Waals surface area contributed by atoms with Crippen molar-refractivity contribution in [2.45, 2.75) is 38.6 Å². The molecule has 1 aromatic carbocycles. The second kappa shape index (κ2) is 6.53. The van der Waals surface area contributed by atoms with Crippen LogP contribution in [0.2, 0.25) is 0 Å². The van der Waals surface area contributed by atoms with Crippen molar-refractivity contribution in [3.63, 3.8) is 0 Å². The maximum Gasteiger partial charge on any atom is 0.0669 e. The summed E-state index contributed by atoms with van der Waals surface area (Å²) in [6, 6.07) is 10.7. The minimum atomic E-state index is 0.104. The summed E-state index contributed by atoms with van der Waals surface area (Å²) in [5, 5.41) is 4.45. The highest BCUT2D eigenvalue weighted by atomic mass is 15.3. The lowest BCUT2D eigenvalue weighted by molar-refractivity contribution is 0.607. The molecule has 0 spiro atoms. The molecule has 1 aromatic heterocycles. The Morgan fingerprint density at radius 3 is 2.68 bits per heavy atom. The molecule has 0 aliphatic heterocycles. The Morgan fingerprint density at radius 1 is 1.26 bits per heavy atom. The van der Waals surface area contributed by atoms with Gasteiger partial charge in [0, 0.05) is 24.8 Å². The monoisotopic (exact) mass is 257 g/mol. The molecule has 0 aliphatic rings. The Balaban J connectivity index is 1.89. The molecule has 2 N–H and O–H groups in total. The van der Waals surface area contributed by atoms with Crippen LogP contribution >= 0.6 is 0 Å². The van der Waals surface area contributed by atoms with Crippen LogP contribution in [0.1, 0.15) is 42.6 Å². The first-order valence-corrected chi connectivity index (χ1v) is 7.02. The largest absolute Gasteiger partial charge is 0.324 e. The molecule has 0 amide bonds. The molecule has 0 radical (unpaired) electrons. The fourth-order valence-electron chi connectivity index (χ4n) is 2.46. The SMILES string of the molecule is CCc1nn(C)cc1C(N)CCCc1ccccc1. The quantitative estimate of drug-likeness (QED) is 0.864. The van der Waals surface area contributed by atoms with Gasteiger partial charge in [-0.2, -0.15) is 5.10 Å². The number of hydrogen-bond donors (Lipinski definition) is 1. The van der Waals surface area contributed by atoms with Gasteiger partial charge in [0.15, 0.2) is 0 Å². The molecule has 0 fully saturated rings. The number of nitrogens with two attached hydrogens (primary N) is 1. The highest BCUT2D eigenvalue weighted by Gasteiger charge is 2.13. The molecule has 19 heavy (non-hydrogen) atoms. The summed E-state index contributed by atoms with van der Waals surface area (Å²) in [6.45, 7) is 2.13. The van der Waals surface area contributed by atoms with Gasteiger partial charge in [-0.25, -0.2) is 0 Å². The van der Waals surface area contributed by atoms with Crippen LogP contribution in [0.15, 0.2) is 36.5 Å². The van der Waals surface area contributed by atoms with Gasteiger partial charge < -0.3 is 5.73 Å². The van der Waals surface area contributed by atoms with Crippen LogP contribution in [0.5, 0.6) is 0 Å². The van der Waals surface area contributed by atoms with E-state index in [2.05, 4.69) is 48.6 Å². The molecular formula is C16H23N3. The average molecular weight is 257 g/mol. The maximum absolute atomic E-state index is 6.30. The molecule has 3 nitrogen and oxygen atoms in total. The van der Waals surface area contributed by atoms with Crippen molar-refractivity contribution < 1.29 is 0 Å². The molecule has 0 saturated carbocycles. The van der Waals surface area contributed by atoms with E-state index in [4.69, 9.17) is 5.73 Å². The van der Waals surface area contributed by atoms with Crippen molar-refractivity contribution in [3.05, 3.63) is 53.3 Å². The van der Waals surface area contributed by atoms with Crippen LogP contribution in [-0.4, -0.2) is 9.78 Å². The highest BCUT2D eigenvalue weighted by molar-refractivity contribution is 5.21. The Hall–Kier alpha value is -1.61. The molecule has 3 heteroatoms.